The molecule has 5 N–H and O–H groups in total. The van der Waals surface area contributed by atoms with E-state index in [-0.39, 0.29) is 0 Å². The first kappa shape index (κ1) is 4.84. The number of hydrogen-bond acceptors (Lipinski definition) is 4. The average molecular weight is 78.1 g/mol. The molecule has 0 unspecified atom stereocenters. The van der Waals surface area contributed by atoms with Crippen molar-refractivity contribution in [3.8, 4) is 0 Å². The van der Waals surface area contributed by atoms with E-state index in [9.17, 15) is 0 Å². The molecule has 32 valence electrons. The van der Waals surface area contributed by atoms with Crippen molar-refractivity contribution in [1.29, 1.82) is 0 Å². The summed E-state index contributed by atoms with van der Waals surface area (Å²) in [6, 6.07) is 0. The normalized spacial score (nSPS) is 9.60. The molecule has 0 aromatic heterocycles. The quantitative estimate of drug-likeness (QED) is 0.162. The zero-order valence-corrected chi connectivity index (χ0v) is 2.55. The van der Waals surface area contributed by atoms with Crippen molar-refractivity contribution in [3.63, 3.8) is 0 Å². The molecule has 5 heavy (non-hydrogen) atoms. The number of nitrogens with one attached hydrogen (secondary N) is 1. The van der Waals surface area contributed by atoms with Gasteiger partial charge >= 0.3 is 0 Å². The fourth-order valence-electron chi connectivity index (χ4n) is 0. The molecular weight excluding hydrogens is 72.0 g/mol. The van der Waals surface area contributed by atoms with Gasteiger partial charge in [-0.25, -0.2) is 5.43 Å². The topological polar surface area (TPSA) is 78.5 Å². The van der Waals surface area contributed by atoms with Crippen LogP contribution < -0.4 is 11.3 Å². The Balaban J connectivity index is 2.54. The van der Waals surface area contributed by atoms with Crippen LogP contribution in [0.1, 0.15) is 0 Å². The summed E-state index contributed by atoms with van der Waals surface area (Å²) in [5.41, 5.74) is 1.64. The Bertz CT molecular complexity index is 21.6. The van der Waals surface area contributed by atoms with Crippen molar-refractivity contribution < 1.29 is 10.2 Å². The first-order chi connectivity index (χ1) is 2.27. The zero-order valence-electron chi connectivity index (χ0n) is 2.55. The highest BCUT2D eigenvalue weighted by atomic mass is 16.5. The second kappa shape index (κ2) is 2.10. The summed E-state index contributed by atoms with van der Waals surface area (Å²) in [5, 5.41) is 15.4. The molecule has 0 aromatic carbocycles. The number of hydrogen-bond donors (Lipinski definition) is 4. The Morgan fingerprint density at radius 2 is 1.80 bits per heavy atom. The minimum atomic E-state index is -1.59. The lowest BCUT2D eigenvalue weighted by Crippen LogP contribution is -2.34. The molecule has 0 aromatic rings. The van der Waals surface area contributed by atoms with Crippen molar-refractivity contribution in [2.45, 2.75) is 6.41 Å². The van der Waals surface area contributed by atoms with E-state index in [1.54, 1.807) is 5.43 Å². The van der Waals surface area contributed by atoms with Gasteiger partial charge in [-0.05, 0) is 0 Å². The van der Waals surface area contributed by atoms with Gasteiger partial charge in [0.25, 0.3) is 0 Å². The second-order valence-electron chi connectivity index (χ2n) is 0.540. The van der Waals surface area contributed by atoms with Crippen LogP contribution in [0.2, 0.25) is 0 Å². The van der Waals surface area contributed by atoms with Crippen molar-refractivity contribution >= 4 is 0 Å². The Hall–Kier alpha value is -0.160. The van der Waals surface area contributed by atoms with Crippen LogP contribution in [0.25, 0.3) is 0 Å². The van der Waals surface area contributed by atoms with Gasteiger partial charge in [0, 0.05) is 0 Å². The first-order valence-corrected chi connectivity index (χ1v) is 1.09. The number of nitrogens with two attached hydrogens (primary N) is 1. The van der Waals surface area contributed by atoms with Crippen LogP contribution in [0.3, 0.4) is 0 Å². The maximum absolute atomic E-state index is 7.68. The molecule has 0 fully saturated rings. The van der Waals surface area contributed by atoms with Gasteiger partial charge in [-0.2, -0.15) is 0 Å². The van der Waals surface area contributed by atoms with E-state index >= 15 is 0 Å². The summed E-state index contributed by atoms with van der Waals surface area (Å²) < 4.78 is 0. The van der Waals surface area contributed by atoms with Crippen LogP contribution in [-0.2, 0) is 0 Å². The average Bonchev–Trinajstić information content (AvgIpc) is 1.38. The summed E-state index contributed by atoms with van der Waals surface area (Å²) in [4.78, 5) is 0. The number of aliphatic hydroxyl groups excluding tert-OH is 1. The van der Waals surface area contributed by atoms with Crippen molar-refractivity contribution in [3.05, 3.63) is 0 Å². The Morgan fingerprint density at radius 3 is 1.80 bits per heavy atom. The molecule has 0 amide bonds. The van der Waals surface area contributed by atoms with E-state index in [1.165, 1.54) is 0 Å². The highest BCUT2D eigenvalue weighted by Crippen LogP contribution is 1.48. The lowest BCUT2D eigenvalue weighted by atomic mass is 11.2. The predicted octanol–water partition coefficient (Wildman–Crippen LogP) is -2.28. The Labute approximate surface area is 29.2 Å². The van der Waals surface area contributed by atoms with Gasteiger partial charge in [0.1, 0.15) is 0 Å². The third-order valence-corrected chi connectivity index (χ3v) is 0.149. The minimum Gasteiger partial charge on any atom is -0.355 e. The van der Waals surface area contributed by atoms with Crippen LogP contribution in [-0.4, -0.2) is 16.6 Å². The lowest BCUT2D eigenvalue weighted by Gasteiger charge is -1.93. The smallest absolute Gasteiger partial charge is 0.223 e. The fraction of sp³-hybridized carbons (Fsp3) is 1.00. The highest BCUT2D eigenvalue weighted by molar-refractivity contribution is 4.08. The van der Waals surface area contributed by atoms with Crippen molar-refractivity contribution in [1.82, 2.24) is 5.43 Å². The minimum absolute atomic E-state index is 1.59. The molecule has 0 atom stereocenters. The largest absolute Gasteiger partial charge is 0.355 e. The summed E-state index contributed by atoms with van der Waals surface area (Å²) in [5.74, 6) is 4.42. The zero-order chi connectivity index (χ0) is 4.28. The molecule has 0 bridgehead atoms. The van der Waals surface area contributed by atoms with Crippen LogP contribution in [0, 0.1) is 0 Å². The molecule has 0 aliphatic rings. The van der Waals surface area contributed by atoms with E-state index < -0.39 is 6.41 Å². The third kappa shape index (κ3) is 3.84. The molecule has 0 aliphatic heterocycles. The Kier molecular flexibility index (Phi) is 2.03. The molecule has 0 radical (unpaired) electrons. The SMILES string of the molecule is NNC(O)O. The third-order valence-electron chi connectivity index (χ3n) is 0.149. The summed E-state index contributed by atoms with van der Waals surface area (Å²) in [7, 11) is 0. The van der Waals surface area contributed by atoms with Gasteiger partial charge in [-0.15, -0.1) is 0 Å². The first-order valence-electron chi connectivity index (χ1n) is 1.09. The molecule has 0 aliphatic carbocycles. The highest BCUT2D eigenvalue weighted by Gasteiger charge is 1.80. The summed E-state index contributed by atoms with van der Waals surface area (Å²) in [6.07, 6.45) is -1.59. The standard InChI is InChI=1S/CH6N2O2/c2-3-1(4)5/h1,3-5H,2H2. The molecule has 0 rings (SSSR count). The predicted molar refractivity (Wildman–Crippen MR) is 15.5 cm³/mol. The maximum atomic E-state index is 7.68. The maximum Gasteiger partial charge on any atom is 0.223 e. The monoisotopic (exact) mass is 78.0 g/mol. The lowest BCUT2D eigenvalue weighted by molar-refractivity contribution is -0.0657. The van der Waals surface area contributed by atoms with Crippen LogP contribution >= 0.6 is 0 Å². The van der Waals surface area contributed by atoms with Gasteiger partial charge < -0.3 is 10.2 Å². The van der Waals surface area contributed by atoms with Crippen LogP contribution in [0.15, 0.2) is 0 Å². The number of rotatable bonds is 1. The second-order valence-corrected chi connectivity index (χ2v) is 0.540. The van der Waals surface area contributed by atoms with E-state index in [2.05, 4.69) is 5.84 Å². The van der Waals surface area contributed by atoms with Gasteiger partial charge in [0.05, 0.1) is 0 Å². The van der Waals surface area contributed by atoms with Crippen molar-refractivity contribution in [2.75, 3.05) is 0 Å². The number of hydrazine groups is 1. The molecule has 0 heterocycles. The van der Waals surface area contributed by atoms with Crippen molar-refractivity contribution in [2.24, 2.45) is 5.84 Å². The number of aliphatic hydroxyl groups is 2. The molecule has 0 spiro atoms. The molecule has 0 saturated heterocycles. The van der Waals surface area contributed by atoms with Gasteiger partial charge in [-0.1, -0.05) is 0 Å². The van der Waals surface area contributed by atoms with E-state index in [4.69, 9.17) is 10.2 Å². The molecule has 0 saturated carbocycles. The van der Waals surface area contributed by atoms with Gasteiger partial charge in [0.2, 0.25) is 6.41 Å². The van der Waals surface area contributed by atoms with E-state index in [0.29, 0.717) is 0 Å². The molecular formula is CH6N2O2. The van der Waals surface area contributed by atoms with Gasteiger partial charge in [-0.3, -0.25) is 5.84 Å². The van der Waals surface area contributed by atoms with E-state index in [0.717, 1.165) is 0 Å². The summed E-state index contributed by atoms with van der Waals surface area (Å²) in [6.45, 7) is 0. The molecule has 4 heteroatoms. The van der Waals surface area contributed by atoms with Crippen LogP contribution in [0.4, 0.5) is 0 Å². The Morgan fingerprint density at radius 1 is 1.60 bits per heavy atom. The van der Waals surface area contributed by atoms with E-state index in [1.807, 2.05) is 0 Å². The van der Waals surface area contributed by atoms with Crippen LogP contribution in [0.5, 0.6) is 0 Å². The summed E-state index contributed by atoms with van der Waals surface area (Å²) >= 11 is 0. The molecule has 4 nitrogen and oxygen atoms in total. The van der Waals surface area contributed by atoms with Gasteiger partial charge in [0.15, 0.2) is 0 Å². The fourth-order valence-corrected chi connectivity index (χ4v) is 0.